The van der Waals surface area contributed by atoms with Gasteiger partial charge in [-0.2, -0.15) is 0 Å². The summed E-state index contributed by atoms with van der Waals surface area (Å²) in [5.41, 5.74) is 11.8. The molecular formula is C65H37N5O2. The highest BCUT2D eigenvalue weighted by atomic mass is 16.3. The minimum absolute atomic E-state index is 0.507. The Morgan fingerprint density at radius 3 is 1.69 bits per heavy atom. The Labute approximate surface area is 410 Å². The van der Waals surface area contributed by atoms with Crippen LogP contribution in [0.1, 0.15) is 0 Å². The summed E-state index contributed by atoms with van der Waals surface area (Å²) in [5, 5.41) is 13.2. The molecule has 0 fully saturated rings. The minimum atomic E-state index is 0.507. The zero-order valence-electron chi connectivity index (χ0n) is 38.4. The van der Waals surface area contributed by atoms with Crippen molar-refractivity contribution in [1.82, 2.24) is 24.1 Å². The first kappa shape index (κ1) is 39.0. The molecule has 0 unspecified atom stereocenters. The summed E-state index contributed by atoms with van der Waals surface area (Å²) < 4.78 is 18.5. The predicted octanol–water partition coefficient (Wildman–Crippen LogP) is 17.2. The van der Waals surface area contributed by atoms with Crippen LogP contribution >= 0.6 is 0 Å². The van der Waals surface area contributed by atoms with E-state index >= 15 is 0 Å². The van der Waals surface area contributed by atoms with Crippen molar-refractivity contribution in [1.29, 1.82) is 0 Å². The fourth-order valence-corrected chi connectivity index (χ4v) is 11.5. The van der Waals surface area contributed by atoms with Crippen LogP contribution in [0, 0.1) is 0 Å². The Hall–Kier alpha value is -9.85. The van der Waals surface area contributed by atoms with Crippen LogP contribution < -0.4 is 0 Å². The zero-order chi connectivity index (χ0) is 47.0. The van der Waals surface area contributed by atoms with Gasteiger partial charge in [-0.1, -0.05) is 158 Å². The largest absolute Gasteiger partial charge is 0.455 e. The third-order valence-electron chi connectivity index (χ3n) is 14.7. The first-order valence-corrected chi connectivity index (χ1v) is 24.3. The Morgan fingerprint density at radius 1 is 0.306 bits per heavy atom. The maximum absolute atomic E-state index is 7.00. The standard InChI is InChI=1S/C65H37N5O2/c1-2-19-42(20-3-1)69-54-29-11-8-22-44(54)47-25-14-27-50(60(47)69)64-66-63(67-65(68-64)51-28-15-26-49-45-23-9-12-30-57(45)71-61(49)51)41-35-53-46-24-10-13-31-58(46)72-62(53)56(37-41)70-55-36-40-18-5-4-17-39(40)34-52(55)48-33-32-38-16-6-7-21-43(38)59(48)70/h1-37H. The lowest BCUT2D eigenvalue weighted by Crippen LogP contribution is -2.03. The minimum Gasteiger partial charge on any atom is -0.455 e. The van der Waals surface area contributed by atoms with E-state index in [2.05, 4.69) is 203 Å². The number of aromatic nitrogens is 5. The molecule has 0 saturated heterocycles. The zero-order valence-corrected chi connectivity index (χ0v) is 38.4. The van der Waals surface area contributed by atoms with Crippen molar-refractivity contribution in [3.8, 4) is 45.5 Å². The molecule has 16 aromatic rings. The average Bonchev–Trinajstić information content (AvgIpc) is 4.20. The summed E-state index contributed by atoms with van der Waals surface area (Å²) in [6.07, 6.45) is 0. The average molecular weight is 920 g/mol. The maximum Gasteiger partial charge on any atom is 0.167 e. The lowest BCUT2D eigenvalue weighted by Gasteiger charge is -2.14. The van der Waals surface area contributed by atoms with Gasteiger partial charge in [0, 0.05) is 65.3 Å². The molecule has 0 saturated carbocycles. The molecule has 0 aliphatic rings. The molecule has 7 heteroatoms. The molecule has 0 atom stereocenters. The van der Waals surface area contributed by atoms with E-state index in [1.165, 1.54) is 5.39 Å². The normalized spacial score (nSPS) is 12.2. The van der Waals surface area contributed by atoms with Gasteiger partial charge in [-0.25, -0.2) is 15.0 Å². The summed E-state index contributed by atoms with van der Waals surface area (Å²) >= 11 is 0. The van der Waals surface area contributed by atoms with Gasteiger partial charge in [0.05, 0.1) is 33.3 Å². The van der Waals surface area contributed by atoms with E-state index in [0.29, 0.717) is 17.5 Å². The Morgan fingerprint density at radius 2 is 0.889 bits per heavy atom. The second-order valence-corrected chi connectivity index (χ2v) is 18.7. The van der Waals surface area contributed by atoms with Crippen molar-refractivity contribution in [2.24, 2.45) is 0 Å². The van der Waals surface area contributed by atoms with E-state index < -0.39 is 0 Å². The number of nitrogens with zero attached hydrogens (tertiary/aromatic N) is 5. The van der Waals surface area contributed by atoms with E-state index in [9.17, 15) is 0 Å². The molecule has 334 valence electrons. The van der Waals surface area contributed by atoms with Crippen LogP contribution in [0.3, 0.4) is 0 Å². The molecule has 11 aromatic carbocycles. The smallest absolute Gasteiger partial charge is 0.167 e. The van der Waals surface area contributed by atoms with Crippen molar-refractivity contribution < 1.29 is 8.83 Å². The van der Waals surface area contributed by atoms with E-state index in [1.54, 1.807) is 0 Å². The van der Waals surface area contributed by atoms with Gasteiger partial charge < -0.3 is 18.0 Å². The molecule has 0 aliphatic carbocycles. The molecule has 0 radical (unpaired) electrons. The fourth-order valence-electron chi connectivity index (χ4n) is 11.5. The lowest BCUT2D eigenvalue weighted by atomic mass is 10.0. The third-order valence-corrected chi connectivity index (χ3v) is 14.7. The van der Waals surface area contributed by atoms with E-state index in [4.69, 9.17) is 23.8 Å². The van der Waals surface area contributed by atoms with Crippen LogP contribution in [0.25, 0.3) is 155 Å². The summed E-state index contributed by atoms with van der Waals surface area (Å²) in [6.45, 7) is 0. The van der Waals surface area contributed by atoms with Crippen molar-refractivity contribution >= 4 is 109 Å². The van der Waals surface area contributed by atoms with Crippen molar-refractivity contribution in [2.75, 3.05) is 0 Å². The van der Waals surface area contributed by atoms with Crippen LogP contribution in [0.5, 0.6) is 0 Å². The Kier molecular flexibility index (Phi) is 8.04. The van der Waals surface area contributed by atoms with Crippen LogP contribution in [-0.4, -0.2) is 24.1 Å². The topological polar surface area (TPSA) is 74.8 Å². The first-order valence-electron chi connectivity index (χ1n) is 24.3. The summed E-state index contributed by atoms with van der Waals surface area (Å²) in [6, 6.07) is 79.1. The summed E-state index contributed by atoms with van der Waals surface area (Å²) in [7, 11) is 0. The Balaban J connectivity index is 1.04. The highest BCUT2D eigenvalue weighted by Gasteiger charge is 2.25. The number of benzene rings is 11. The molecule has 0 aliphatic heterocycles. The molecule has 0 spiro atoms. The molecule has 5 heterocycles. The van der Waals surface area contributed by atoms with Gasteiger partial charge in [0.25, 0.3) is 0 Å². The van der Waals surface area contributed by atoms with Crippen LogP contribution in [0.4, 0.5) is 0 Å². The molecule has 0 N–H and O–H groups in total. The molecule has 72 heavy (non-hydrogen) atoms. The van der Waals surface area contributed by atoms with E-state index in [-0.39, 0.29) is 0 Å². The number of para-hydroxylation sites is 6. The molecule has 5 aromatic heterocycles. The van der Waals surface area contributed by atoms with Gasteiger partial charge in [-0.05, 0) is 82.9 Å². The molecular weight excluding hydrogens is 883 g/mol. The quantitative estimate of drug-likeness (QED) is 0.172. The first-order chi connectivity index (χ1) is 35.7. The second-order valence-electron chi connectivity index (χ2n) is 18.7. The predicted molar refractivity (Wildman–Crippen MR) is 294 cm³/mol. The molecule has 0 bridgehead atoms. The van der Waals surface area contributed by atoms with Crippen molar-refractivity contribution in [3.63, 3.8) is 0 Å². The third kappa shape index (κ3) is 5.58. The monoisotopic (exact) mass is 919 g/mol. The van der Waals surface area contributed by atoms with Crippen LogP contribution in [0.15, 0.2) is 233 Å². The van der Waals surface area contributed by atoms with Crippen molar-refractivity contribution in [3.05, 3.63) is 224 Å². The van der Waals surface area contributed by atoms with Gasteiger partial charge >= 0.3 is 0 Å². The molecule has 0 amide bonds. The van der Waals surface area contributed by atoms with Crippen LogP contribution in [0.2, 0.25) is 0 Å². The summed E-state index contributed by atoms with van der Waals surface area (Å²) in [5.74, 6) is 1.57. The van der Waals surface area contributed by atoms with Crippen molar-refractivity contribution in [2.45, 2.75) is 0 Å². The SMILES string of the molecule is c1ccc(-n2c3ccccc3c3cccc(-c4nc(-c5cc(-n6c7cc8ccccc8cc7c7ccc8ccccc8c76)c6oc7ccccc7c6c5)nc(-c5cccc6c5oc5ccccc56)n4)c32)cc1. The maximum atomic E-state index is 7.00. The van der Waals surface area contributed by atoms with Gasteiger partial charge in [0.2, 0.25) is 0 Å². The fraction of sp³-hybridized carbons (Fsp3) is 0. The number of hydrogen-bond donors (Lipinski definition) is 0. The van der Waals surface area contributed by atoms with Crippen LogP contribution in [-0.2, 0) is 0 Å². The number of furan rings is 2. The van der Waals surface area contributed by atoms with Gasteiger partial charge in [0.1, 0.15) is 16.7 Å². The number of hydrogen-bond acceptors (Lipinski definition) is 5. The van der Waals surface area contributed by atoms with Gasteiger partial charge in [0.15, 0.2) is 23.1 Å². The van der Waals surface area contributed by atoms with E-state index in [1.807, 2.05) is 30.3 Å². The van der Waals surface area contributed by atoms with E-state index in [0.717, 1.165) is 132 Å². The van der Waals surface area contributed by atoms with Gasteiger partial charge in [-0.15, -0.1) is 0 Å². The Bertz CT molecular complexity index is 4940. The molecule has 7 nitrogen and oxygen atoms in total. The van der Waals surface area contributed by atoms with Gasteiger partial charge in [-0.3, -0.25) is 0 Å². The lowest BCUT2D eigenvalue weighted by molar-refractivity contribution is 0.666. The highest BCUT2D eigenvalue weighted by molar-refractivity contribution is 6.22. The molecule has 16 rings (SSSR count). The highest BCUT2D eigenvalue weighted by Crippen LogP contribution is 2.45. The second kappa shape index (κ2) is 14.8. The number of rotatable bonds is 5. The number of fused-ring (bicyclic) bond motifs is 15. The summed E-state index contributed by atoms with van der Waals surface area (Å²) in [4.78, 5) is 16.6.